The summed E-state index contributed by atoms with van der Waals surface area (Å²) in [5.74, 6) is 0.868. The summed E-state index contributed by atoms with van der Waals surface area (Å²) in [5, 5.41) is 3.98. The van der Waals surface area contributed by atoms with E-state index in [0.29, 0.717) is 0 Å². The van der Waals surface area contributed by atoms with E-state index < -0.39 is 0 Å². The van der Waals surface area contributed by atoms with Crippen LogP contribution in [0.5, 0.6) is 0 Å². The maximum absolute atomic E-state index is 5.08. The molecule has 0 saturated carbocycles. The molecule has 0 bridgehead atoms. The normalized spacial score (nSPS) is 10.3. The molecule has 0 aliphatic rings. The molecule has 0 aliphatic carbocycles. The van der Waals surface area contributed by atoms with Gasteiger partial charge in [0.1, 0.15) is 11.5 Å². The minimum absolute atomic E-state index is 0.868. The van der Waals surface area contributed by atoms with E-state index in [1.165, 1.54) is 0 Å². The number of benzene rings is 1. The molecule has 0 atom stereocenters. The third-order valence-electron chi connectivity index (χ3n) is 2.12. The van der Waals surface area contributed by atoms with Crippen molar-refractivity contribution in [2.24, 2.45) is 0 Å². The van der Waals surface area contributed by atoms with Crippen LogP contribution in [0, 0.1) is 19.9 Å². The van der Waals surface area contributed by atoms with Gasteiger partial charge in [-0.3, -0.25) is 0 Å². The summed E-state index contributed by atoms with van der Waals surface area (Å²) in [6.07, 6.45) is 0. The zero-order valence-electron chi connectivity index (χ0n) is 7.66. The summed E-state index contributed by atoms with van der Waals surface area (Å²) in [4.78, 5) is 0. The van der Waals surface area contributed by atoms with Crippen LogP contribution < -0.4 is 0 Å². The summed E-state index contributed by atoms with van der Waals surface area (Å²) in [6, 6.07) is 10.9. The van der Waals surface area contributed by atoms with Gasteiger partial charge in [0, 0.05) is 11.1 Å². The Hall–Kier alpha value is -1.57. The lowest BCUT2D eigenvalue weighted by atomic mass is 10.1. The van der Waals surface area contributed by atoms with Gasteiger partial charge in [0.05, 0.1) is 0 Å². The maximum atomic E-state index is 5.08. The molecule has 1 aromatic carbocycles. The average molecular weight is 172 g/mol. The van der Waals surface area contributed by atoms with Crippen molar-refractivity contribution in [3.8, 4) is 11.3 Å². The van der Waals surface area contributed by atoms with E-state index in [9.17, 15) is 0 Å². The van der Waals surface area contributed by atoms with E-state index in [4.69, 9.17) is 4.52 Å². The van der Waals surface area contributed by atoms with Crippen molar-refractivity contribution in [2.75, 3.05) is 0 Å². The first-order chi connectivity index (χ1) is 6.29. The van der Waals surface area contributed by atoms with Crippen LogP contribution in [0.1, 0.15) is 11.3 Å². The minimum atomic E-state index is 0.868. The number of nitrogens with zero attached hydrogens (tertiary/aromatic N) is 1. The first kappa shape index (κ1) is 8.05. The van der Waals surface area contributed by atoms with Gasteiger partial charge < -0.3 is 4.52 Å². The summed E-state index contributed by atoms with van der Waals surface area (Å²) < 4.78 is 5.08. The Labute approximate surface area is 77.2 Å². The minimum Gasteiger partial charge on any atom is -0.361 e. The molecule has 0 N–H and O–H groups in total. The van der Waals surface area contributed by atoms with Gasteiger partial charge >= 0.3 is 0 Å². The monoisotopic (exact) mass is 172 g/mol. The molecule has 0 saturated heterocycles. The molecule has 13 heavy (non-hydrogen) atoms. The molecule has 2 aromatic rings. The highest BCUT2D eigenvalue weighted by atomic mass is 16.5. The average Bonchev–Trinajstić information content (AvgIpc) is 2.49. The molecule has 1 radical (unpaired) electrons. The van der Waals surface area contributed by atoms with Crippen LogP contribution >= 0.6 is 0 Å². The fourth-order valence-electron chi connectivity index (χ4n) is 1.21. The van der Waals surface area contributed by atoms with Gasteiger partial charge in [0.25, 0.3) is 0 Å². The molecule has 0 aliphatic heterocycles. The van der Waals surface area contributed by atoms with Crippen LogP contribution in [-0.4, -0.2) is 5.16 Å². The van der Waals surface area contributed by atoms with E-state index >= 15 is 0 Å². The number of aryl methyl sites for hydroxylation is 1. The van der Waals surface area contributed by atoms with E-state index in [1.807, 2.05) is 38.1 Å². The van der Waals surface area contributed by atoms with Crippen molar-refractivity contribution in [1.29, 1.82) is 0 Å². The Kier molecular flexibility index (Phi) is 1.89. The maximum Gasteiger partial charge on any atom is 0.137 e. The molecule has 1 aromatic heterocycles. The van der Waals surface area contributed by atoms with E-state index in [2.05, 4.69) is 11.2 Å². The molecule has 0 spiro atoms. The van der Waals surface area contributed by atoms with Crippen LogP contribution in [0.15, 0.2) is 28.8 Å². The van der Waals surface area contributed by atoms with E-state index in [0.717, 1.165) is 22.6 Å². The Bertz CT molecular complexity index is 403. The van der Waals surface area contributed by atoms with Crippen molar-refractivity contribution < 1.29 is 4.52 Å². The number of aromatic nitrogens is 1. The SMILES string of the molecule is Cc1onc(-c2[c]cccc2)c1C. The van der Waals surface area contributed by atoms with E-state index in [1.54, 1.807) is 0 Å². The highest BCUT2D eigenvalue weighted by molar-refractivity contribution is 5.61. The van der Waals surface area contributed by atoms with Crippen LogP contribution in [0.3, 0.4) is 0 Å². The summed E-state index contributed by atoms with van der Waals surface area (Å²) in [6.45, 7) is 3.91. The lowest BCUT2D eigenvalue weighted by molar-refractivity contribution is 0.398. The smallest absolute Gasteiger partial charge is 0.137 e. The van der Waals surface area contributed by atoms with Gasteiger partial charge in [-0.25, -0.2) is 0 Å². The molecule has 65 valence electrons. The van der Waals surface area contributed by atoms with Crippen LogP contribution in [-0.2, 0) is 0 Å². The first-order valence-electron chi connectivity index (χ1n) is 4.19. The van der Waals surface area contributed by atoms with Gasteiger partial charge in [0.2, 0.25) is 0 Å². The van der Waals surface area contributed by atoms with Gasteiger partial charge in [-0.15, -0.1) is 0 Å². The topological polar surface area (TPSA) is 26.0 Å². The van der Waals surface area contributed by atoms with Gasteiger partial charge in [-0.1, -0.05) is 29.4 Å². The first-order valence-corrected chi connectivity index (χ1v) is 4.19. The third-order valence-corrected chi connectivity index (χ3v) is 2.12. The lowest BCUT2D eigenvalue weighted by Crippen LogP contribution is -1.80. The van der Waals surface area contributed by atoms with Gasteiger partial charge in [0.15, 0.2) is 0 Å². The summed E-state index contributed by atoms with van der Waals surface area (Å²) in [7, 11) is 0. The predicted octanol–water partition coefficient (Wildman–Crippen LogP) is 2.76. The molecule has 2 heteroatoms. The van der Waals surface area contributed by atoms with E-state index in [-0.39, 0.29) is 0 Å². The molecule has 0 amide bonds. The fourth-order valence-corrected chi connectivity index (χ4v) is 1.21. The highest BCUT2D eigenvalue weighted by Crippen LogP contribution is 2.22. The molecular weight excluding hydrogens is 162 g/mol. The highest BCUT2D eigenvalue weighted by Gasteiger charge is 2.09. The van der Waals surface area contributed by atoms with Gasteiger partial charge in [-0.05, 0) is 19.9 Å². The Morgan fingerprint density at radius 1 is 1.31 bits per heavy atom. The number of hydrogen-bond donors (Lipinski definition) is 0. The zero-order valence-corrected chi connectivity index (χ0v) is 7.66. The summed E-state index contributed by atoms with van der Waals surface area (Å²) >= 11 is 0. The van der Waals surface area contributed by atoms with Gasteiger partial charge in [-0.2, -0.15) is 0 Å². The molecule has 2 nitrogen and oxygen atoms in total. The summed E-state index contributed by atoms with van der Waals surface area (Å²) in [5.41, 5.74) is 2.96. The molecule has 2 rings (SSSR count). The Balaban J connectivity index is 2.53. The van der Waals surface area contributed by atoms with Crippen LogP contribution in [0.4, 0.5) is 0 Å². The van der Waals surface area contributed by atoms with Crippen molar-refractivity contribution in [3.63, 3.8) is 0 Å². The third kappa shape index (κ3) is 1.35. The van der Waals surface area contributed by atoms with Crippen molar-refractivity contribution in [3.05, 3.63) is 41.7 Å². The number of rotatable bonds is 1. The van der Waals surface area contributed by atoms with Crippen LogP contribution in [0.25, 0.3) is 11.3 Å². The fraction of sp³-hybridized carbons (Fsp3) is 0.182. The van der Waals surface area contributed by atoms with Crippen LogP contribution in [0.2, 0.25) is 0 Å². The molecular formula is C11H10NO. The lowest BCUT2D eigenvalue weighted by Gasteiger charge is -1.94. The van der Waals surface area contributed by atoms with Crippen molar-refractivity contribution in [2.45, 2.75) is 13.8 Å². The molecule has 1 heterocycles. The predicted molar refractivity (Wildman–Crippen MR) is 50.2 cm³/mol. The number of hydrogen-bond acceptors (Lipinski definition) is 2. The van der Waals surface area contributed by atoms with Crippen molar-refractivity contribution >= 4 is 0 Å². The second-order valence-electron chi connectivity index (χ2n) is 2.99. The largest absolute Gasteiger partial charge is 0.361 e. The Morgan fingerprint density at radius 2 is 2.15 bits per heavy atom. The second kappa shape index (κ2) is 3.05. The Morgan fingerprint density at radius 3 is 2.69 bits per heavy atom. The zero-order chi connectivity index (χ0) is 9.26. The quantitative estimate of drug-likeness (QED) is 0.661. The standard InChI is InChI=1S/C11H10NO/c1-8-9(2)13-12-11(8)10-6-4-3-5-7-10/h3-6H,1-2H3. The molecule has 0 fully saturated rings. The van der Waals surface area contributed by atoms with Crippen molar-refractivity contribution in [1.82, 2.24) is 5.16 Å². The second-order valence-corrected chi connectivity index (χ2v) is 2.99. The molecule has 0 unspecified atom stereocenters.